The van der Waals surface area contributed by atoms with Crippen molar-refractivity contribution in [2.75, 3.05) is 0 Å². The first kappa shape index (κ1) is 15.5. The number of halogens is 3. The molecule has 2 rings (SSSR count). The van der Waals surface area contributed by atoms with E-state index < -0.39 is 20.8 Å². The Bertz CT molecular complexity index is 731. The first-order valence-corrected chi connectivity index (χ1v) is 6.65. The summed E-state index contributed by atoms with van der Waals surface area (Å²) in [5, 5.41) is 10.7. The van der Waals surface area contributed by atoms with Crippen LogP contribution in [-0.4, -0.2) is 21.2 Å². The molecule has 1 aromatic carbocycles. The van der Waals surface area contributed by atoms with Crippen LogP contribution in [0, 0.1) is 15.9 Å². The third-order valence-electron chi connectivity index (χ3n) is 2.73. The van der Waals surface area contributed by atoms with Gasteiger partial charge < -0.3 is 4.79 Å². The number of aromatic nitrogens is 2. The molecule has 0 saturated carbocycles. The van der Waals surface area contributed by atoms with Crippen LogP contribution in [0.15, 0.2) is 30.5 Å². The summed E-state index contributed by atoms with van der Waals surface area (Å²) in [6.07, 6.45) is 1.67. The maximum Gasteiger partial charge on any atom is 0.305 e. The predicted octanol–water partition coefficient (Wildman–Crippen LogP) is 3.01. The highest BCUT2D eigenvalue weighted by molar-refractivity contribution is 9.10. The van der Waals surface area contributed by atoms with Crippen molar-refractivity contribution in [3.8, 4) is 0 Å². The Hall–Kier alpha value is -1.93. The molecule has 2 aromatic rings. The van der Waals surface area contributed by atoms with E-state index in [1.165, 1.54) is 24.4 Å². The zero-order valence-electron chi connectivity index (χ0n) is 10.2. The van der Waals surface area contributed by atoms with Crippen LogP contribution in [0.5, 0.6) is 0 Å². The maximum absolute atomic E-state index is 14.3. The number of benzene rings is 1. The van der Waals surface area contributed by atoms with Crippen molar-refractivity contribution >= 4 is 39.5 Å². The lowest BCUT2D eigenvalue weighted by Gasteiger charge is -2.21. The van der Waals surface area contributed by atoms with Crippen LogP contribution in [0.4, 0.5) is 10.1 Å². The van der Waals surface area contributed by atoms with Crippen molar-refractivity contribution in [2.24, 2.45) is 0 Å². The minimum atomic E-state index is -1.70. The molecule has 1 atom stereocenters. The van der Waals surface area contributed by atoms with Gasteiger partial charge in [0, 0.05) is 17.8 Å². The second kappa shape index (κ2) is 5.82. The summed E-state index contributed by atoms with van der Waals surface area (Å²) >= 11 is 8.75. The van der Waals surface area contributed by atoms with Gasteiger partial charge in [-0.05, 0) is 17.7 Å². The lowest BCUT2D eigenvalue weighted by Crippen LogP contribution is -2.25. The normalized spacial score (nSPS) is 13.5. The zero-order chi connectivity index (χ0) is 15.6. The summed E-state index contributed by atoms with van der Waals surface area (Å²) < 4.78 is 12.6. The molecule has 1 unspecified atom stereocenters. The molecule has 0 amide bonds. The fraction of sp³-hybridized carbons (Fsp3) is 0.0833. The highest BCUT2D eigenvalue weighted by atomic mass is 79.9. The second-order valence-corrected chi connectivity index (χ2v) is 5.53. The van der Waals surface area contributed by atoms with Gasteiger partial charge in [0.15, 0.2) is 4.32 Å². The van der Waals surface area contributed by atoms with Gasteiger partial charge in [0.25, 0.3) is 0 Å². The van der Waals surface area contributed by atoms with Gasteiger partial charge in [-0.3, -0.25) is 10.1 Å². The van der Waals surface area contributed by atoms with Crippen LogP contribution in [0.3, 0.4) is 0 Å². The van der Waals surface area contributed by atoms with E-state index in [0.29, 0.717) is 6.29 Å². The van der Waals surface area contributed by atoms with Gasteiger partial charge in [-0.2, -0.15) is 4.39 Å². The summed E-state index contributed by atoms with van der Waals surface area (Å²) in [4.78, 5) is 28.9. The number of aldehydes is 1. The van der Waals surface area contributed by atoms with Gasteiger partial charge in [-0.25, -0.2) is 9.97 Å². The van der Waals surface area contributed by atoms with Crippen LogP contribution in [0.25, 0.3) is 0 Å². The SMILES string of the molecule is O=CC(Br)(c1ccnc(Cl)n1)c1cccc([N+](=O)[O-])c1F. The van der Waals surface area contributed by atoms with E-state index in [-0.39, 0.29) is 16.5 Å². The van der Waals surface area contributed by atoms with E-state index in [9.17, 15) is 19.3 Å². The molecule has 9 heteroatoms. The molecule has 0 aliphatic heterocycles. The Balaban J connectivity index is 2.69. The molecule has 0 spiro atoms. The fourth-order valence-corrected chi connectivity index (χ4v) is 2.42. The Morgan fingerprint density at radius 2 is 2.14 bits per heavy atom. The van der Waals surface area contributed by atoms with Gasteiger partial charge in [0.2, 0.25) is 11.1 Å². The summed E-state index contributed by atoms with van der Waals surface area (Å²) in [7, 11) is 0. The van der Waals surface area contributed by atoms with E-state index in [0.717, 1.165) is 6.07 Å². The van der Waals surface area contributed by atoms with E-state index in [1.54, 1.807) is 0 Å². The fourth-order valence-electron chi connectivity index (χ4n) is 1.74. The minimum Gasteiger partial charge on any atom is -0.301 e. The summed E-state index contributed by atoms with van der Waals surface area (Å²) in [6.45, 7) is 0. The zero-order valence-corrected chi connectivity index (χ0v) is 12.5. The van der Waals surface area contributed by atoms with Gasteiger partial charge >= 0.3 is 5.69 Å². The minimum absolute atomic E-state index is 0.0666. The number of hydrogen-bond donors (Lipinski definition) is 0. The predicted molar refractivity (Wildman–Crippen MR) is 75.9 cm³/mol. The van der Waals surface area contributed by atoms with Crippen molar-refractivity contribution in [3.63, 3.8) is 0 Å². The van der Waals surface area contributed by atoms with Crippen LogP contribution < -0.4 is 0 Å². The van der Waals surface area contributed by atoms with Crippen LogP contribution >= 0.6 is 27.5 Å². The second-order valence-electron chi connectivity index (χ2n) is 3.94. The average Bonchev–Trinajstić information content (AvgIpc) is 2.46. The standard InChI is InChI=1S/C12H6BrClFN3O3/c13-12(6-19,9-4-5-16-11(14)17-9)7-2-1-3-8(10(7)15)18(20)21/h1-6H. The third kappa shape index (κ3) is 2.77. The molecule has 6 nitrogen and oxygen atoms in total. The number of nitro groups is 1. The Morgan fingerprint density at radius 1 is 1.43 bits per heavy atom. The molecule has 0 N–H and O–H groups in total. The number of alkyl halides is 1. The number of nitro benzene ring substituents is 1. The molecule has 0 radical (unpaired) electrons. The molecule has 0 aliphatic rings. The van der Waals surface area contributed by atoms with Gasteiger partial charge in [-0.15, -0.1) is 0 Å². The molecule has 0 saturated heterocycles. The van der Waals surface area contributed by atoms with E-state index in [2.05, 4.69) is 25.9 Å². The molecule has 1 heterocycles. The number of rotatable bonds is 4. The first-order valence-electron chi connectivity index (χ1n) is 5.48. The lowest BCUT2D eigenvalue weighted by atomic mass is 9.95. The maximum atomic E-state index is 14.3. The molecule has 0 bridgehead atoms. The van der Waals surface area contributed by atoms with Gasteiger partial charge in [0.05, 0.1) is 10.6 Å². The van der Waals surface area contributed by atoms with E-state index in [1.807, 2.05) is 0 Å². The molecule has 1 aromatic heterocycles. The molecular formula is C12H6BrClFN3O3. The quantitative estimate of drug-likeness (QED) is 0.270. The largest absolute Gasteiger partial charge is 0.305 e. The van der Waals surface area contributed by atoms with Crippen molar-refractivity contribution in [1.82, 2.24) is 9.97 Å². The van der Waals surface area contributed by atoms with E-state index >= 15 is 0 Å². The van der Waals surface area contributed by atoms with Crippen molar-refractivity contribution in [1.29, 1.82) is 0 Å². The number of hydrogen-bond acceptors (Lipinski definition) is 5. The highest BCUT2D eigenvalue weighted by Crippen LogP contribution is 2.39. The van der Waals surface area contributed by atoms with Gasteiger partial charge in [-0.1, -0.05) is 28.1 Å². The van der Waals surface area contributed by atoms with Crippen LogP contribution in [0.2, 0.25) is 5.28 Å². The number of carbonyl (C=O) groups is 1. The van der Waals surface area contributed by atoms with Crippen molar-refractivity contribution < 1.29 is 14.1 Å². The topological polar surface area (TPSA) is 86.0 Å². The molecule has 0 fully saturated rings. The summed E-state index contributed by atoms with van der Waals surface area (Å²) in [5.41, 5.74) is -0.906. The average molecular weight is 375 g/mol. The number of nitrogens with zero attached hydrogens (tertiary/aromatic N) is 3. The third-order valence-corrected chi connectivity index (χ3v) is 3.93. The summed E-state index contributed by atoms with van der Waals surface area (Å²) in [5.74, 6) is -1.12. The first-order chi connectivity index (χ1) is 9.90. The highest BCUT2D eigenvalue weighted by Gasteiger charge is 2.38. The molecule has 21 heavy (non-hydrogen) atoms. The monoisotopic (exact) mass is 373 g/mol. The van der Waals surface area contributed by atoms with Crippen LogP contribution in [-0.2, 0) is 9.12 Å². The van der Waals surface area contributed by atoms with E-state index in [4.69, 9.17) is 11.6 Å². The number of carbonyl (C=O) groups excluding carboxylic acids is 1. The molecule has 108 valence electrons. The molecule has 0 aliphatic carbocycles. The molecular weight excluding hydrogens is 369 g/mol. The summed E-state index contributed by atoms with van der Waals surface area (Å²) in [6, 6.07) is 4.89. The Labute approximate surface area is 131 Å². The van der Waals surface area contributed by atoms with Crippen molar-refractivity contribution in [3.05, 3.63) is 62.9 Å². The smallest absolute Gasteiger partial charge is 0.301 e. The van der Waals surface area contributed by atoms with Crippen molar-refractivity contribution in [2.45, 2.75) is 4.32 Å². The van der Waals surface area contributed by atoms with Gasteiger partial charge in [0.1, 0.15) is 6.29 Å². The Kier molecular flexibility index (Phi) is 4.29. The van der Waals surface area contributed by atoms with Crippen LogP contribution in [0.1, 0.15) is 11.3 Å². The lowest BCUT2D eigenvalue weighted by molar-refractivity contribution is -0.387. The Morgan fingerprint density at radius 3 is 2.71 bits per heavy atom.